The number of phenolic OH excluding ortho intramolecular Hbond substituents is 2. The number of aromatic nitrogens is 2. The number of benzene rings is 2. The van der Waals surface area contributed by atoms with E-state index in [2.05, 4.69) is 61.3 Å². The highest BCUT2D eigenvalue weighted by Gasteiger charge is 2.47. The quantitative estimate of drug-likeness (QED) is 0.172. The van der Waals surface area contributed by atoms with Gasteiger partial charge in [-0.15, -0.1) is 0 Å². The second kappa shape index (κ2) is 15.9. The Morgan fingerprint density at radius 3 is 1.71 bits per heavy atom. The van der Waals surface area contributed by atoms with Gasteiger partial charge < -0.3 is 30.2 Å². The molecule has 52 heavy (non-hydrogen) atoms. The van der Waals surface area contributed by atoms with Crippen LogP contribution in [-0.2, 0) is 13.1 Å². The van der Waals surface area contributed by atoms with Gasteiger partial charge in [-0.1, -0.05) is 65.8 Å². The van der Waals surface area contributed by atoms with Gasteiger partial charge in [0.25, 0.3) is 0 Å². The van der Waals surface area contributed by atoms with Crippen LogP contribution in [0.15, 0.2) is 60.9 Å². The summed E-state index contributed by atoms with van der Waals surface area (Å²) in [7, 11) is 0. The molecule has 2 aromatic carbocycles. The van der Waals surface area contributed by atoms with Crippen molar-refractivity contribution in [2.75, 3.05) is 39.3 Å². The number of rotatable bonds is 4. The summed E-state index contributed by atoms with van der Waals surface area (Å²) in [5.41, 5.74) is 2.18. The van der Waals surface area contributed by atoms with Crippen LogP contribution in [0.25, 0.3) is 21.8 Å². The average Bonchev–Trinajstić information content (AvgIpc) is 3.07. The van der Waals surface area contributed by atoms with E-state index in [0.29, 0.717) is 56.6 Å². The summed E-state index contributed by atoms with van der Waals surface area (Å²) in [5, 5.41) is 43.8. The Balaban J connectivity index is 1.59. The molecule has 1 fully saturated rings. The van der Waals surface area contributed by atoms with Crippen LogP contribution < -0.4 is 0 Å². The van der Waals surface area contributed by atoms with Gasteiger partial charge in [-0.3, -0.25) is 19.8 Å². The fourth-order valence-corrected chi connectivity index (χ4v) is 7.94. The Hall–Kier alpha value is -4.68. The predicted octanol–water partition coefficient (Wildman–Crippen LogP) is 7.08. The van der Waals surface area contributed by atoms with E-state index in [1.54, 1.807) is 29.4 Å². The molecule has 2 amide bonds. The summed E-state index contributed by atoms with van der Waals surface area (Å²) < 4.78 is 0. The van der Waals surface area contributed by atoms with Crippen LogP contribution in [0, 0.1) is 10.8 Å². The molecule has 280 valence electrons. The van der Waals surface area contributed by atoms with E-state index in [1.165, 1.54) is 4.90 Å². The summed E-state index contributed by atoms with van der Waals surface area (Å²) in [5.74, 6) is 0.224. The van der Waals surface area contributed by atoms with Crippen LogP contribution in [0.1, 0.15) is 65.5 Å². The van der Waals surface area contributed by atoms with E-state index in [0.717, 1.165) is 21.9 Å². The third-order valence-corrected chi connectivity index (χ3v) is 10.2. The number of aromatic hydroxyl groups is 2. The highest BCUT2D eigenvalue weighted by Crippen LogP contribution is 2.40. The summed E-state index contributed by atoms with van der Waals surface area (Å²) >= 11 is 0. The number of carbonyl (C=O) groups is 2. The molecule has 0 saturated carbocycles. The van der Waals surface area contributed by atoms with Crippen LogP contribution in [0.2, 0.25) is 0 Å². The van der Waals surface area contributed by atoms with Gasteiger partial charge in [-0.05, 0) is 65.6 Å². The van der Waals surface area contributed by atoms with E-state index >= 15 is 0 Å². The largest absolute Gasteiger partial charge is 0.506 e. The monoisotopic (exact) mass is 714 g/mol. The lowest BCUT2D eigenvalue weighted by Gasteiger charge is -2.52. The summed E-state index contributed by atoms with van der Waals surface area (Å²) in [6.45, 7) is 16.1. The SMILES string of the molecule is CC(C)(C)C1C(C(C)(C)C)N(C(=O)O)CCCN(C(=O)O)CCN(Cc2ccc(O)c3ncccc23)CCCN1Cc1ccc(O)c2ncccc12. The molecule has 0 spiro atoms. The van der Waals surface area contributed by atoms with Crippen molar-refractivity contribution in [3.63, 3.8) is 0 Å². The zero-order valence-corrected chi connectivity index (χ0v) is 31.3. The number of nitrogens with zero attached hydrogens (tertiary/aromatic N) is 6. The van der Waals surface area contributed by atoms with Gasteiger partial charge in [0.2, 0.25) is 0 Å². The minimum absolute atomic E-state index is 0.111. The van der Waals surface area contributed by atoms with Crippen LogP contribution in [0.5, 0.6) is 11.5 Å². The fourth-order valence-electron chi connectivity index (χ4n) is 7.94. The number of hydrogen-bond acceptors (Lipinski definition) is 8. The molecular weight excluding hydrogens is 660 g/mol. The van der Waals surface area contributed by atoms with Crippen LogP contribution in [0.4, 0.5) is 9.59 Å². The highest BCUT2D eigenvalue weighted by molar-refractivity contribution is 5.87. The maximum absolute atomic E-state index is 13.2. The lowest BCUT2D eigenvalue weighted by atomic mass is 9.71. The Kier molecular flexibility index (Phi) is 11.8. The van der Waals surface area contributed by atoms with E-state index < -0.39 is 23.6 Å². The number of amides is 2. The molecular formula is C40H54N6O6. The normalized spacial score (nSPS) is 19.5. The van der Waals surface area contributed by atoms with Gasteiger partial charge in [0.05, 0.1) is 6.04 Å². The molecule has 1 aliphatic rings. The Morgan fingerprint density at radius 1 is 0.654 bits per heavy atom. The highest BCUT2D eigenvalue weighted by atomic mass is 16.4. The summed E-state index contributed by atoms with van der Waals surface area (Å²) in [6.07, 6.45) is 2.33. The molecule has 4 N–H and O–H groups in total. The molecule has 0 aliphatic carbocycles. The Morgan fingerprint density at radius 2 is 1.19 bits per heavy atom. The molecule has 0 radical (unpaired) electrons. The topological polar surface area (TPSA) is 154 Å². The molecule has 3 heterocycles. The van der Waals surface area contributed by atoms with E-state index in [9.17, 15) is 30.0 Å². The fraction of sp³-hybridized carbons (Fsp3) is 0.500. The first-order chi connectivity index (χ1) is 24.6. The molecule has 2 atom stereocenters. The van der Waals surface area contributed by atoms with E-state index in [-0.39, 0.29) is 42.6 Å². The lowest BCUT2D eigenvalue weighted by Crippen LogP contribution is -2.63. The molecule has 0 bridgehead atoms. The van der Waals surface area contributed by atoms with E-state index in [1.807, 2.05) is 36.4 Å². The number of fused-ring (bicyclic) bond motifs is 2. The molecule has 12 nitrogen and oxygen atoms in total. The minimum atomic E-state index is -1.03. The third kappa shape index (κ3) is 8.85. The maximum Gasteiger partial charge on any atom is 0.407 e. The van der Waals surface area contributed by atoms with Crippen LogP contribution >= 0.6 is 0 Å². The standard InChI is InChI=1S/C40H54N6O6/c1-39(2,3)35-36(40(4,5)6)46(38(51)52)22-10-20-44(37(49)50)24-23-43(25-27-13-15-31(47)33-29(27)11-7-17-41-33)19-9-21-45(35)26-28-14-16-32(48)34-30(28)12-8-18-42-34/h7-8,11-18,35-36,47-48H,9-10,19-26H2,1-6H3,(H,49,50)(H,51,52). The number of pyridine rings is 2. The minimum Gasteiger partial charge on any atom is -0.506 e. The average molecular weight is 715 g/mol. The third-order valence-electron chi connectivity index (χ3n) is 10.2. The molecule has 1 aliphatic heterocycles. The van der Waals surface area contributed by atoms with Crippen molar-refractivity contribution in [3.8, 4) is 11.5 Å². The zero-order chi connectivity index (χ0) is 37.8. The van der Waals surface area contributed by atoms with Crippen molar-refractivity contribution in [1.82, 2.24) is 29.6 Å². The molecule has 1 saturated heterocycles. The first-order valence-electron chi connectivity index (χ1n) is 18.1. The lowest BCUT2D eigenvalue weighted by molar-refractivity contribution is -0.0313. The van der Waals surface area contributed by atoms with Gasteiger partial charge >= 0.3 is 12.2 Å². The Bertz CT molecular complexity index is 1870. The number of carboxylic acid groups (broad SMARTS) is 2. The predicted molar refractivity (Wildman–Crippen MR) is 203 cm³/mol. The van der Waals surface area contributed by atoms with Gasteiger partial charge in [0.1, 0.15) is 22.5 Å². The second-order valence-corrected chi connectivity index (χ2v) is 16.1. The molecule has 4 aromatic rings. The summed E-state index contributed by atoms with van der Waals surface area (Å²) in [6, 6.07) is 14.1. The molecule has 2 aromatic heterocycles. The van der Waals surface area contributed by atoms with Crippen LogP contribution in [-0.4, -0.2) is 114 Å². The molecule has 12 heteroatoms. The molecule has 5 rings (SSSR count). The van der Waals surface area contributed by atoms with Gasteiger partial charge in [-0.25, -0.2) is 9.59 Å². The first kappa shape index (κ1) is 38.5. The van der Waals surface area contributed by atoms with Gasteiger partial charge in [0.15, 0.2) is 0 Å². The number of hydrogen-bond donors (Lipinski definition) is 4. The van der Waals surface area contributed by atoms with Crippen molar-refractivity contribution in [2.24, 2.45) is 10.8 Å². The van der Waals surface area contributed by atoms with Gasteiger partial charge in [0, 0.05) is 75.0 Å². The van der Waals surface area contributed by atoms with Crippen molar-refractivity contribution < 1.29 is 30.0 Å². The Labute approximate surface area is 306 Å². The van der Waals surface area contributed by atoms with Crippen molar-refractivity contribution >= 4 is 34.0 Å². The molecule has 2 unspecified atom stereocenters. The van der Waals surface area contributed by atoms with Crippen molar-refractivity contribution in [1.29, 1.82) is 0 Å². The van der Waals surface area contributed by atoms with E-state index in [4.69, 9.17) is 0 Å². The zero-order valence-electron chi connectivity index (χ0n) is 31.3. The first-order valence-corrected chi connectivity index (χ1v) is 18.1. The van der Waals surface area contributed by atoms with Gasteiger partial charge in [-0.2, -0.15) is 0 Å². The maximum atomic E-state index is 13.2. The summed E-state index contributed by atoms with van der Waals surface area (Å²) in [4.78, 5) is 42.1. The second-order valence-electron chi connectivity index (χ2n) is 16.1. The number of phenols is 2. The smallest absolute Gasteiger partial charge is 0.407 e. The van der Waals surface area contributed by atoms with Crippen LogP contribution in [0.3, 0.4) is 0 Å². The van der Waals surface area contributed by atoms with Crippen molar-refractivity contribution in [2.45, 2.75) is 79.6 Å². The van der Waals surface area contributed by atoms with Crippen molar-refractivity contribution in [3.05, 3.63) is 72.1 Å².